The summed E-state index contributed by atoms with van der Waals surface area (Å²) in [5, 5.41) is 7.58. The Balaban J connectivity index is 1.90. The van der Waals surface area contributed by atoms with Gasteiger partial charge in [0.05, 0.1) is 5.75 Å². The van der Waals surface area contributed by atoms with Crippen LogP contribution in [0.25, 0.3) is 0 Å². The highest BCUT2D eigenvalue weighted by Gasteiger charge is 2.27. The third kappa shape index (κ3) is 3.87. The number of aromatic nitrogens is 2. The first-order valence-corrected chi connectivity index (χ1v) is 9.04. The summed E-state index contributed by atoms with van der Waals surface area (Å²) in [6.07, 6.45) is 1.19. The van der Waals surface area contributed by atoms with Crippen LogP contribution in [0.5, 0.6) is 0 Å². The predicted molar refractivity (Wildman–Crippen MR) is 76.4 cm³/mol. The van der Waals surface area contributed by atoms with Gasteiger partial charge in [-0.3, -0.25) is 4.79 Å². The van der Waals surface area contributed by atoms with Crippen LogP contribution in [-0.2, 0) is 10.0 Å². The second kappa shape index (κ2) is 6.33. The van der Waals surface area contributed by atoms with Crippen molar-refractivity contribution in [2.24, 2.45) is 0 Å². The van der Waals surface area contributed by atoms with E-state index in [1.54, 1.807) is 11.8 Å². The van der Waals surface area contributed by atoms with Gasteiger partial charge < -0.3 is 4.90 Å². The Labute approximate surface area is 126 Å². The van der Waals surface area contributed by atoms with E-state index in [0.717, 1.165) is 11.3 Å². The van der Waals surface area contributed by atoms with Gasteiger partial charge in [0.15, 0.2) is 0 Å². The van der Waals surface area contributed by atoms with Crippen LogP contribution in [0.4, 0.5) is 0 Å². The zero-order valence-corrected chi connectivity index (χ0v) is 13.3. The minimum Gasteiger partial charge on any atom is -0.336 e. The van der Waals surface area contributed by atoms with Crippen molar-refractivity contribution in [1.29, 1.82) is 0 Å². The lowest BCUT2D eigenvalue weighted by molar-refractivity contribution is 0.0710. The molecule has 0 bridgehead atoms. The van der Waals surface area contributed by atoms with Gasteiger partial charge in [0.1, 0.15) is 0 Å². The summed E-state index contributed by atoms with van der Waals surface area (Å²) in [6.45, 7) is 2.58. The highest BCUT2D eigenvalue weighted by Crippen LogP contribution is 2.19. The highest BCUT2D eigenvalue weighted by molar-refractivity contribution is 7.89. The standard InChI is InChI=1S/C10H15ClN4O3S2/c1-2-20(17,18)14-7-3-5-15(6-4-7)9(16)8-12-13-10(11)19-8/h7,14H,2-6H2,1H3. The maximum atomic E-state index is 12.1. The molecule has 1 fully saturated rings. The Bertz CT molecular complexity index is 581. The SMILES string of the molecule is CCS(=O)(=O)NC1CCN(C(=O)c2nnc(Cl)s2)CC1. The Morgan fingerprint density at radius 3 is 2.60 bits per heavy atom. The minimum atomic E-state index is -3.20. The smallest absolute Gasteiger partial charge is 0.284 e. The number of piperidine rings is 1. The molecule has 0 saturated carbocycles. The highest BCUT2D eigenvalue weighted by atomic mass is 35.5. The molecule has 0 aliphatic carbocycles. The van der Waals surface area contributed by atoms with Crippen molar-refractivity contribution in [2.75, 3.05) is 18.8 Å². The van der Waals surface area contributed by atoms with Gasteiger partial charge in [-0.2, -0.15) is 0 Å². The Morgan fingerprint density at radius 1 is 1.45 bits per heavy atom. The molecule has 10 heteroatoms. The van der Waals surface area contributed by atoms with Crippen molar-refractivity contribution in [2.45, 2.75) is 25.8 Å². The summed E-state index contributed by atoms with van der Waals surface area (Å²) in [6, 6.07) is -0.109. The monoisotopic (exact) mass is 338 g/mol. The molecule has 0 spiro atoms. The first-order chi connectivity index (χ1) is 9.41. The first kappa shape index (κ1) is 15.6. The van der Waals surface area contributed by atoms with Gasteiger partial charge in [0.25, 0.3) is 5.91 Å². The van der Waals surface area contributed by atoms with Crippen LogP contribution in [0, 0.1) is 0 Å². The average molecular weight is 339 g/mol. The number of sulfonamides is 1. The summed E-state index contributed by atoms with van der Waals surface area (Å²) in [5.74, 6) is -0.138. The number of nitrogens with one attached hydrogen (secondary N) is 1. The van der Waals surface area contributed by atoms with Gasteiger partial charge in [-0.25, -0.2) is 13.1 Å². The van der Waals surface area contributed by atoms with Gasteiger partial charge >= 0.3 is 0 Å². The predicted octanol–water partition coefficient (Wildman–Crippen LogP) is 0.735. The molecule has 2 heterocycles. The molecule has 0 radical (unpaired) electrons. The fourth-order valence-corrected chi connectivity index (χ4v) is 3.67. The Morgan fingerprint density at radius 2 is 2.10 bits per heavy atom. The van der Waals surface area contributed by atoms with Crippen molar-refractivity contribution in [3.63, 3.8) is 0 Å². The maximum Gasteiger partial charge on any atom is 0.284 e. The van der Waals surface area contributed by atoms with Crippen LogP contribution in [0.15, 0.2) is 0 Å². The van der Waals surface area contributed by atoms with Crippen molar-refractivity contribution in [3.8, 4) is 0 Å². The molecule has 1 amide bonds. The van der Waals surface area contributed by atoms with Crippen LogP contribution >= 0.6 is 22.9 Å². The van der Waals surface area contributed by atoms with E-state index in [0.29, 0.717) is 25.9 Å². The van der Waals surface area contributed by atoms with Crippen molar-refractivity contribution >= 4 is 38.9 Å². The van der Waals surface area contributed by atoms with E-state index >= 15 is 0 Å². The molecule has 1 N–H and O–H groups in total. The quantitative estimate of drug-likeness (QED) is 0.874. The van der Waals surface area contributed by atoms with Gasteiger partial charge in [0, 0.05) is 19.1 Å². The van der Waals surface area contributed by atoms with E-state index in [4.69, 9.17) is 11.6 Å². The molecule has 2 rings (SSSR count). The number of likely N-dealkylation sites (tertiary alicyclic amines) is 1. The van der Waals surface area contributed by atoms with Gasteiger partial charge in [-0.1, -0.05) is 11.3 Å². The normalized spacial score (nSPS) is 17.4. The zero-order chi connectivity index (χ0) is 14.8. The molecular formula is C10H15ClN4O3S2. The molecule has 7 nitrogen and oxygen atoms in total. The summed E-state index contributed by atoms with van der Waals surface area (Å²) in [4.78, 5) is 13.7. The Kier molecular flexibility index (Phi) is 4.95. The maximum absolute atomic E-state index is 12.1. The summed E-state index contributed by atoms with van der Waals surface area (Å²) < 4.78 is 25.8. The number of carbonyl (C=O) groups is 1. The molecule has 1 aliphatic heterocycles. The van der Waals surface area contributed by atoms with Crippen LogP contribution in [0.3, 0.4) is 0 Å². The molecule has 0 aromatic carbocycles. The third-order valence-electron chi connectivity index (χ3n) is 3.09. The molecule has 1 aliphatic rings. The molecule has 0 unspecified atom stereocenters. The Hall–Kier alpha value is -0.770. The van der Waals surface area contributed by atoms with Crippen molar-refractivity contribution in [1.82, 2.24) is 19.8 Å². The first-order valence-electron chi connectivity index (χ1n) is 6.19. The average Bonchev–Trinajstić information content (AvgIpc) is 2.85. The second-order valence-corrected chi connectivity index (χ2v) is 8.05. The number of halogens is 1. The molecule has 20 heavy (non-hydrogen) atoms. The van der Waals surface area contributed by atoms with E-state index in [2.05, 4.69) is 14.9 Å². The minimum absolute atomic E-state index is 0.0649. The number of hydrogen-bond donors (Lipinski definition) is 1. The zero-order valence-electron chi connectivity index (χ0n) is 10.9. The molecule has 1 aromatic heterocycles. The molecule has 1 aromatic rings. The number of carbonyl (C=O) groups excluding carboxylic acids is 1. The fraction of sp³-hybridized carbons (Fsp3) is 0.700. The van der Waals surface area contributed by atoms with Gasteiger partial charge in [-0.15, -0.1) is 10.2 Å². The third-order valence-corrected chi connectivity index (χ3v) is 5.55. The van der Waals surface area contributed by atoms with Crippen molar-refractivity contribution in [3.05, 3.63) is 9.47 Å². The number of rotatable bonds is 4. The molecule has 1 saturated heterocycles. The number of hydrogen-bond acceptors (Lipinski definition) is 6. The van der Waals surface area contributed by atoms with Crippen LogP contribution in [0.1, 0.15) is 29.6 Å². The van der Waals surface area contributed by atoms with E-state index in [-0.39, 0.29) is 27.2 Å². The van der Waals surface area contributed by atoms with E-state index in [9.17, 15) is 13.2 Å². The van der Waals surface area contributed by atoms with Crippen LogP contribution in [-0.4, -0.2) is 54.3 Å². The van der Waals surface area contributed by atoms with Crippen molar-refractivity contribution < 1.29 is 13.2 Å². The molecule has 112 valence electrons. The largest absolute Gasteiger partial charge is 0.336 e. The van der Waals surface area contributed by atoms with E-state index < -0.39 is 10.0 Å². The van der Waals surface area contributed by atoms with Crippen LogP contribution < -0.4 is 4.72 Å². The summed E-state index contributed by atoms with van der Waals surface area (Å²) in [7, 11) is -3.20. The number of amides is 1. The second-order valence-electron chi connectivity index (χ2n) is 4.45. The number of nitrogens with zero attached hydrogens (tertiary/aromatic N) is 3. The summed E-state index contributed by atoms with van der Waals surface area (Å²) in [5.41, 5.74) is 0. The van der Waals surface area contributed by atoms with Gasteiger partial charge in [-0.05, 0) is 31.4 Å². The fourth-order valence-electron chi connectivity index (χ4n) is 1.96. The summed E-state index contributed by atoms with van der Waals surface area (Å²) >= 11 is 6.70. The molecule has 0 atom stereocenters. The van der Waals surface area contributed by atoms with Crippen LogP contribution in [0.2, 0.25) is 4.47 Å². The molecular weight excluding hydrogens is 324 g/mol. The van der Waals surface area contributed by atoms with E-state index in [1.165, 1.54) is 0 Å². The lowest BCUT2D eigenvalue weighted by atomic mass is 10.1. The lowest BCUT2D eigenvalue weighted by Crippen LogP contribution is -2.46. The topological polar surface area (TPSA) is 92.3 Å². The van der Waals surface area contributed by atoms with E-state index in [1.807, 2.05) is 0 Å². The lowest BCUT2D eigenvalue weighted by Gasteiger charge is -2.31. The van der Waals surface area contributed by atoms with Gasteiger partial charge in [0.2, 0.25) is 19.5 Å².